The number of hydrogen-bond donors (Lipinski definition) is 2. The van der Waals surface area contributed by atoms with Gasteiger partial charge in [0.15, 0.2) is 0 Å². The lowest BCUT2D eigenvalue weighted by molar-refractivity contribution is -0.132. The number of primary amides is 1. The molecule has 2 aliphatic heterocycles. The molecule has 2 heterocycles. The highest BCUT2D eigenvalue weighted by Crippen LogP contribution is 2.39. The number of rotatable bonds is 3. The zero-order chi connectivity index (χ0) is 13.2. The van der Waals surface area contributed by atoms with Crippen LogP contribution in [0.1, 0.15) is 32.6 Å². The molecule has 2 rings (SSSR count). The molecule has 2 fully saturated rings. The first-order valence-electron chi connectivity index (χ1n) is 6.55. The summed E-state index contributed by atoms with van der Waals surface area (Å²) in [6.45, 7) is 3.59. The fourth-order valence-corrected chi connectivity index (χ4v) is 4.01. The molecule has 1 spiro atoms. The minimum atomic E-state index is -0.274. The molecule has 18 heavy (non-hydrogen) atoms. The van der Waals surface area contributed by atoms with Gasteiger partial charge in [0.1, 0.15) is 0 Å². The zero-order valence-corrected chi connectivity index (χ0v) is 11.6. The Morgan fingerprint density at radius 2 is 2.11 bits per heavy atom. The van der Waals surface area contributed by atoms with E-state index in [1.165, 1.54) is 0 Å². The standard InChI is InChI=1S/C12H21N3O2S/c1-2-3-10(16)15-6-4-12(5-7-15)14-9(8-18-12)11(13)17/h9,14H,2-8H2,1H3,(H2,13,17)/t9-/m0/s1. The molecular formula is C12H21N3O2S. The summed E-state index contributed by atoms with van der Waals surface area (Å²) in [6, 6.07) is -0.215. The summed E-state index contributed by atoms with van der Waals surface area (Å²) in [6.07, 6.45) is 3.34. The predicted octanol–water partition coefficient (Wildman–Crippen LogP) is 0.296. The maximum atomic E-state index is 11.8. The second kappa shape index (κ2) is 5.48. The van der Waals surface area contributed by atoms with Crippen molar-refractivity contribution >= 4 is 23.6 Å². The third kappa shape index (κ3) is 2.80. The van der Waals surface area contributed by atoms with Gasteiger partial charge in [-0.05, 0) is 19.3 Å². The quantitative estimate of drug-likeness (QED) is 0.774. The van der Waals surface area contributed by atoms with Gasteiger partial charge in [-0.2, -0.15) is 0 Å². The van der Waals surface area contributed by atoms with E-state index >= 15 is 0 Å². The van der Waals surface area contributed by atoms with Crippen molar-refractivity contribution < 1.29 is 9.59 Å². The molecule has 0 bridgehead atoms. The second-order valence-corrected chi connectivity index (χ2v) is 6.44. The molecule has 0 aromatic rings. The van der Waals surface area contributed by atoms with Gasteiger partial charge in [-0.1, -0.05) is 6.92 Å². The number of amides is 2. The van der Waals surface area contributed by atoms with Crippen LogP contribution in [0.15, 0.2) is 0 Å². The van der Waals surface area contributed by atoms with Gasteiger partial charge in [0.25, 0.3) is 0 Å². The lowest BCUT2D eigenvalue weighted by Gasteiger charge is -2.39. The van der Waals surface area contributed by atoms with Gasteiger partial charge in [0.05, 0.1) is 10.9 Å². The maximum Gasteiger partial charge on any atom is 0.235 e. The molecule has 2 amide bonds. The van der Waals surface area contributed by atoms with Crippen molar-refractivity contribution in [2.75, 3.05) is 18.8 Å². The van der Waals surface area contributed by atoms with E-state index in [9.17, 15) is 9.59 Å². The molecule has 5 nitrogen and oxygen atoms in total. The first kappa shape index (κ1) is 13.7. The molecule has 0 aromatic heterocycles. The number of nitrogens with one attached hydrogen (secondary N) is 1. The van der Waals surface area contributed by atoms with Crippen LogP contribution in [-0.4, -0.2) is 46.5 Å². The molecule has 2 aliphatic rings. The number of carbonyl (C=O) groups excluding carboxylic acids is 2. The highest BCUT2D eigenvalue weighted by molar-refractivity contribution is 8.01. The van der Waals surface area contributed by atoms with Crippen molar-refractivity contribution in [3.8, 4) is 0 Å². The Morgan fingerprint density at radius 1 is 1.44 bits per heavy atom. The monoisotopic (exact) mass is 271 g/mol. The van der Waals surface area contributed by atoms with Crippen LogP contribution in [-0.2, 0) is 9.59 Å². The Hall–Kier alpha value is -0.750. The van der Waals surface area contributed by atoms with Crippen LogP contribution in [0.5, 0.6) is 0 Å². The van der Waals surface area contributed by atoms with Crippen molar-refractivity contribution in [3.63, 3.8) is 0 Å². The van der Waals surface area contributed by atoms with Crippen LogP contribution in [0.2, 0.25) is 0 Å². The Bertz CT molecular complexity index is 340. The third-order valence-corrected chi connectivity index (χ3v) is 5.27. The number of carbonyl (C=O) groups is 2. The van der Waals surface area contributed by atoms with Crippen molar-refractivity contribution in [1.82, 2.24) is 10.2 Å². The number of thioether (sulfide) groups is 1. The Balaban J connectivity index is 1.87. The van der Waals surface area contributed by atoms with Gasteiger partial charge in [-0.15, -0.1) is 11.8 Å². The number of hydrogen-bond acceptors (Lipinski definition) is 4. The van der Waals surface area contributed by atoms with E-state index in [-0.39, 0.29) is 22.7 Å². The minimum absolute atomic E-state index is 0.0390. The van der Waals surface area contributed by atoms with Crippen LogP contribution in [0, 0.1) is 0 Å². The van der Waals surface area contributed by atoms with E-state index in [0.29, 0.717) is 6.42 Å². The summed E-state index contributed by atoms with van der Waals surface area (Å²) in [5.74, 6) is 0.726. The highest BCUT2D eigenvalue weighted by atomic mass is 32.2. The molecule has 0 radical (unpaired) electrons. The fourth-order valence-electron chi connectivity index (χ4n) is 2.57. The van der Waals surface area contributed by atoms with Crippen LogP contribution in [0.25, 0.3) is 0 Å². The largest absolute Gasteiger partial charge is 0.368 e. The van der Waals surface area contributed by atoms with Crippen LogP contribution in [0.4, 0.5) is 0 Å². The SMILES string of the molecule is CCCC(=O)N1CCC2(CC1)N[C@H](C(N)=O)CS2. The summed E-state index contributed by atoms with van der Waals surface area (Å²) in [7, 11) is 0. The fraction of sp³-hybridized carbons (Fsp3) is 0.833. The second-order valence-electron chi connectivity index (χ2n) is 5.04. The summed E-state index contributed by atoms with van der Waals surface area (Å²) in [5, 5.41) is 3.35. The molecule has 3 N–H and O–H groups in total. The smallest absolute Gasteiger partial charge is 0.235 e. The zero-order valence-electron chi connectivity index (χ0n) is 10.8. The average Bonchev–Trinajstić information content (AvgIpc) is 2.75. The van der Waals surface area contributed by atoms with Crippen LogP contribution < -0.4 is 11.1 Å². The molecule has 0 saturated carbocycles. The first-order chi connectivity index (χ1) is 8.56. The lowest BCUT2D eigenvalue weighted by atomic mass is 10.0. The molecular weight excluding hydrogens is 250 g/mol. The minimum Gasteiger partial charge on any atom is -0.368 e. The normalized spacial score (nSPS) is 26.5. The average molecular weight is 271 g/mol. The van der Waals surface area contributed by atoms with Crippen molar-refractivity contribution in [2.24, 2.45) is 5.73 Å². The first-order valence-corrected chi connectivity index (χ1v) is 7.53. The molecule has 2 saturated heterocycles. The third-order valence-electron chi connectivity index (χ3n) is 3.69. The number of piperidine rings is 1. The summed E-state index contributed by atoms with van der Waals surface area (Å²) in [5.41, 5.74) is 5.32. The number of nitrogens with two attached hydrogens (primary N) is 1. The van der Waals surface area contributed by atoms with Gasteiger partial charge in [-0.3, -0.25) is 14.9 Å². The Kier molecular flexibility index (Phi) is 4.17. The van der Waals surface area contributed by atoms with Gasteiger partial charge >= 0.3 is 0 Å². The summed E-state index contributed by atoms with van der Waals surface area (Å²) < 4.78 is 0. The van der Waals surface area contributed by atoms with E-state index in [1.54, 1.807) is 11.8 Å². The molecule has 102 valence electrons. The van der Waals surface area contributed by atoms with E-state index in [2.05, 4.69) is 5.32 Å². The van der Waals surface area contributed by atoms with Gasteiger partial charge in [0.2, 0.25) is 11.8 Å². The van der Waals surface area contributed by atoms with E-state index in [0.717, 1.165) is 38.1 Å². The van der Waals surface area contributed by atoms with Gasteiger partial charge in [-0.25, -0.2) is 0 Å². The Morgan fingerprint density at radius 3 is 2.61 bits per heavy atom. The topological polar surface area (TPSA) is 75.4 Å². The van der Waals surface area contributed by atoms with E-state index < -0.39 is 0 Å². The molecule has 0 aliphatic carbocycles. The van der Waals surface area contributed by atoms with Crippen molar-refractivity contribution in [3.05, 3.63) is 0 Å². The van der Waals surface area contributed by atoms with Crippen LogP contribution in [0.3, 0.4) is 0 Å². The maximum absolute atomic E-state index is 11.8. The van der Waals surface area contributed by atoms with Gasteiger partial charge in [0, 0.05) is 25.3 Å². The molecule has 0 unspecified atom stereocenters. The van der Waals surface area contributed by atoms with Crippen molar-refractivity contribution in [2.45, 2.75) is 43.5 Å². The summed E-state index contributed by atoms with van der Waals surface area (Å²) >= 11 is 1.78. The van der Waals surface area contributed by atoms with E-state index in [4.69, 9.17) is 5.73 Å². The van der Waals surface area contributed by atoms with Crippen LogP contribution >= 0.6 is 11.8 Å². The van der Waals surface area contributed by atoms with Gasteiger partial charge < -0.3 is 10.6 Å². The Labute approximate surface area is 112 Å². The number of nitrogens with zero attached hydrogens (tertiary/aromatic N) is 1. The van der Waals surface area contributed by atoms with E-state index in [1.807, 2.05) is 11.8 Å². The lowest BCUT2D eigenvalue weighted by Crippen LogP contribution is -2.53. The molecule has 1 atom stereocenters. The number of likely N-dealkylation sites (tertiary alicyclic amines) is 1. The molecule has 0 aromatic carbocycles. The van der Waals surface area contributed by atoms with Crippen molar-refractivity contribution in [1.29, 1.82) is 0 Å². The molecule has 6 heteroatoms. The highest BCUT2D eigenvalue weighted by Gasteiger charge is 2.43. The predicted molar refractivity (Wildman–Crippen MR) is 72.0 cm³/mol. The summed E-state index contributed by atoms with van der Waals surface area (Å²) in [4.78, 5) is 24.9.